The summed E-state index contributed by atoms with van der Waals surface area (Å²) in [5, 5.41) is 25.8. The number of hydrogen-bond acceptors (Lipinski definition) is 8. The third kappa shape index (κ3) is 2.91. The number of aromatic hydroxyl groups is 1. The highest BCUT2D eigenvalue weighted by Crippen LogP contribution is 2.69. The van der Waals surface area contributed by atoms with Crippen LogP contribution in [-0.2, 0) is 19.9 Å². The molecule has 2 heterocycles. The summed E-state index contributed by atoms with van der Waals surface area (Å²) in [6.45, 7) is 1.80. The summed E-state index contributed by atoms with van der Waals surface area (Å²) in [6.07, 6.45) is -0.466. The standard InChI is InChI=1S/C29H23NO7/c1-15(13-22(33)36-2)28-20-11-5-3-4-6-12-21(32)29(28,37-28)18-14-19(31)23-24(25(18)30-20)27(35)17-10-8-7-9-16(17)26(23)34/h7-10,14-15,20-21,30-32H,3-4,13H2,1-2H3/t15?,20-,21+,28-,29-/m0/s1. The number of ether oxygens (including phenoxy) is 2. The zero-order valence-electron chi connectivity index (χ0n) is 20.2. The van der Waals surface area contributed by atoms with Crippen LogP contribution in [0.25, 0.3) is 0 Å². The molecular formula is C29H23NO7. The molecule has 4 aliphatic rings. The van der Waals surface area contributed by atoms with Gasteiger partial charge in [0.25, 0.3) is 0 Å². The number of phenolic OH excluding ortho intramolecular Hbond substituents is 1. The molecule has 3 N–H and O–H groups in total. The van der Waals surface area contributed by atoms with Crippen LogP contribution in [0.15, 0.2) is 30.3 Å². The van der Waals surface area contributed by atoms with E-state index in [0.29, 0.717) is 18.4 Å². The van der Waals surface area contributed by atoms with Crippen molar-refractivity contribution >= 4 is 23.2 Å². The van der Waals surface area contributed by atoms with Crippen molar-refractivity contribution in [1.29, 1.82) is 0 Å². The molecule has 0 radical (unpaired) electrons. The SMILES string of the molecule is COC(=O)CC(C)[C@@]12O[C@]13c1cc(O)c4c(c1N[C@H]2C#CCCC#C[C@H]3O)C(=O)c1ccccc1C4=O. The van der Waals surface area contributed by atoms with E-state index >= 15 is 0 Å². The van der Waals surface area contributed by atoms with Crippen LogP contribution in [0.3, 0.4) is 0 Å². The van der Waals surface area contributed by atoms with Crippen LogP contribution < -0.4 is 5.32 Å². The summed E-state index contributed by atoms with van der Waals surface area (Å²) in [4.78, 5) is 39.4. The third-order valence-corrected chi connectivity index (χ3v) is 7.84. The van der Waals surface area contributed by atoms with Gasteiger partial charge in [0, 0.05) is 35.4 Å². The molecule has 2 aromatic carbocycles. The molecule has 2 aliphatic carbocycles. The zero-order valence-corrected chi connectivity index (χ0v) is 20.2. The lowest BCUT2D eigenvalue weighted by atomic mass is 9.66. The Morgan fingerprint density at radius 2 is 1.81 bits per heavy atom. The molecule has 1 saturated heterocycles. The van der Waals surface area contributed by atoms with E-state index in [-0.39, 0.29) is 34.4 Å². The van der Waals surface area contributed by atoms with Crippen LogP contribution >= 0.6 is 0 Å². The number of epoxide rings is 1. The predicted molar refractivity (Wildman–Crippen MR) is 131 cm³/mol. The van der Waals surface area contributed by atoms with Crippen LogP contribution in [0.4, 0.5) is 5.69 Å². The van der Waals surface area contributed by atoms with E-state index in [1.165, 1.54) is 13.2 Å². The first-order valence-corrected chi connectivity index (χ1v) is 12.0. The van der Waals surface area contributed by atoms with Crippen LogP contribution in [0.1, 0.15) is 63.6 Å². The van der Waals surface area contributed by atoms with E-state index in [2.05, 4.69) is 29.0 Å². The predicted octanol–water partition coefficient (Wildman–Crippen LogP) is 2.29. The van der Waals surface area contributed by atoms with Crippen molar-refractivity contribution in [1.82, 2.24) is 0 Å². The second-order valence-electron chi connectivity index (χ2n) is 9.71. The van der Waals surface area contributed by atoms with Gasteiger partial charge in [0.2, 0.25) is 0 Å². The van der Waals surface area contributed by atoms with Gasteiger partial charge < -0.3 is 25.0 Å². The number of aliphatic hydroxyl groups is 1. The van der Waals surface area contributed by atoms with Crippen molar-refractivity contribution in [3.63, 3.8) is 0 Å². The van der Waals surface area contributed by atoms with Gasteiger partial charge in [-0.2, -0.15) is 0 Å². The summed E-state index contributed by atoms with van der Waals surface area (Å²) < 4.78 is 11.3. The Kier molecular flexibility index (Phi) is 5.00. The fourth-order valence-corrected chi connectivity index (χ4v) is 6.11. The van der Waals surface area contributed by atoms with Gasteiger partial charge in [0.15, 0.2) is 23.3 Å². The Labute approximate surface area is 213 Å². The number of hydrogen-bond donors (Lipinski definition) is 3. The Balaban J connectivity index is 1.63. The number of benzene rings is 2. The van der Waals surface area contributed by atoms with Crippen molar-refractivity contribution in [2.75, 3.05) is 12.4 Å². The summed E-state index contributed by atoms with van der Waals surface area (Å²) >= 11 is 0. The summed E-state index contributed by atoms with van der Waals surface area (Å²) in [7, 11) is 1.29. The number of rotatable bonds is 3. The molecule has 0 spiro atoms. The van der Waals surface area contributed by atoms with Crippen molar-refractivity contribution in [3.05, 3.63) is 58.1 Å². The zero-order chi connectivity index (χ0) is 26.1. The minimum atomic E-state index is -1.50. The van der Waals surface area contributed by atoms with Gasteiger partial charge in [-0.15, -0.1) is 5.92 Å². The fraction of sp³-hybridized carbons (Fsp3) is 0.345. The smallest absolute Gasteiger partial charge is 0.305 e. The van der Waals surface area contributed by atoms with Gasteiger partial charge in [0.1, 0.15) is 17.4 Å². The second kappa shape index (κ2) is 7.94. The molecule has 2 aliphatic heterocycles. The van der Waals surface area contributed by atoms with Crippen molar-refractivity contribution in [2.24, 2.45) is 5.92 Å². The molecule has 0 amide bonds. The Bertz CT molecular complexity index is 1540. The topological polar surface area (TPSA) is 125 Å². The molecular weight excluding hydrogens is 474 g/mol. The van der Waals surface area contributed by atoms with E-state index in [0.717, 1.165) is 0 Å². The number of phenols is 1. The largest absolute Gasteiger partial charge is 0.507 e. The average molecular weight is 498 g/mol. The molecule has 1 fully saturated rings. The molecule has 1 unspecified atom stereocenters. The van der Waals surface area contributed by atoms with Crippen molar-refractivity contribution in [2.45, 2.75) is 49.5 Å². The van der Waals surface area contributed by atoms with Gasteiger partial charge in [0.05, 0.1) is 30.3 Å². The lowest BCUT2D eigenvalue weighted by molar-refractivity contribution is -0.142. The molecule has 0 aromatic heterocycles. The van der Waals surface area contributed by atoms with Crippen LogP contribution in [0.5, 0.6) is 5.75 Å². The molecule has 8 nitrogen and oxygen atoms in total. The Morgan fingerprint density at radius 3 is 2.49 bits per heavy atom. The number of carbonyl (C=O) groups excluding carboxylic acids is 3. The van der Waals surface area contributed by atoms with Crippen LogP contribution in [-0.4, -0.2) is 52.6 Å². The third-order valence-electron chi connectivity index (χ3n) is 7.84. The average Bonchev–Trinajstić information content (AvgIpc) is 3.62. The van der Waals surface area contributed by atoms with Crippen molar-refractivity contribution in [3.8, 4) is 29.4 Å². The van der Waals surface area contributed by atoms with Crippen LogP contribution in [0, 0.1) is 29.6 Å². The van der Waals surface area contributed by atoms with Gasteiger partial charge in [-0.3, -0.25) is 14.4 Å². The number of carbonyl (C=O) groups is 3. The van der Waals surface area contributed by atoms with Gasteiger partial charge in [-0.05, 0) is 6.07 Å². The normalized spacial score (nSPS) is 28.8. The van der Waals surface area contributed by atoms with Gasteiger partial charge in [-0.1, -0.05) is 49.0 Å². The number of nitrogens with one attached hydrogen (secondary N) is 1. The first-order chi connectivity index (χ1) is 17.8. The first kappa shape index (κ1) is 23.3. The first-order valence-electron chi connectivity index (χ1n) is 12.0. The van der Waals surface area contributed by atoms with Gasteiger partial charge >= 0.3 is 5.97 Å². The minimum absolute atomic E-state index is 0.00631. The molecule has 8 heteroatoms. The highest BCUT2D eigenvalue weighted by atomic mass is 16.6. The summed E-state index contributed by atoms with van der Waals surface area (Å²) in [5.41, 5.74) is -1.83. The lowest BCUT2D eigenvalue weighted by Gasteiger charge is -2.39. The maximum absolute atomic E-state index is 13.7. The van der Waals surface area contributed by atoms with E-state index < -0.39 is 52.6 Å². The fourth-order valence-electron chi connectivity index (χ4n) is 6.11. The molecule has 5 atom stereocenters. The second-order valence-corrected chi connectivity index (χ2v) is 9.71. The number of fused-ring (bicyclic) bond motifs is 4. The summed E-state index contributed by atoms with van der Waals surface area (Å²) in [6, 6.07) is 7.06. The quantitative estimate of drug-likeness (QED) is 0.218. The molecule has 37 heavy (non-hydrogen) atoms. The van der Waals surface area contributed by atoms with E-state index in [1.807, 2.05) is 0 Å². The van der Waals surface area contributed by atoms with Crippen LogP contribution in [0.2, 0.25) is 0 Å². The van der Waals surface area contributed by atoms with E-state index in [9.17, 15) is 24.6 Å². The van der Waals surface area contributed by atoms with E-state index in [1.54, 1.807) is 31.2 Å². The summed E-state index contributed by atoms with van der Waals surface area (Å²) in [5.74, 6) is 9.78. The molecule has 6 rings (SSSR count). The maximum Gasteiger partial charge on any atom is 0.305 e. The maximum atomic E-state index is 13.7. The number of aliphatic hydroxyl groups excluding tert-OH is 1. The Morgan fingerprint density at radius 1 is 1.16 bits per heavy atom. The van der Waals surface area contributed by atoms with Gasteiger partial charge in [-0.25, -0.2) is 0 Å². The number of esters is 1. The Hall–Kier alpha value is -4.11. The van der Waals surface area contributed by atoms with E-state index in [4.69, 9.17) is 9.47 Å². The number of anilines is 1. The molecule has 2 aromatic rings. The minimum Gasteiger partial charge on any atom is -0.507 e. The molecule has 0 saturated carbocycles. The number of ketones is 2. The highest BCUT2D eigenvalue weighted by Gasteiger charge is 2.82. The molecule has 186 valence electrons. The monoisotopic (exact) mass is 497 g/mol. The van der Waals surface area contributed by atoms with Crippen molar-refractivity contribution < 1.29 is 34.1 Å². The number of methoxy groups -OCH3 is 1. The molecule has 2 bridgehead atoms. The lowest BCUT2D eigenvalue weighted by Crippen LogP contribution is -2.53. The highest BCUT2D eigenvalue weighted by molar-refractivity contribution is 6.31.